The Labute approximate surface area is 225 Å². The van der Waals surface area contributed by atoms with Crippen molar-refractivity contribution < 1.29 is 0 Å². The molecule has 0 unspecified atom stereocenters. The maximum atomic E-state index is 4.87. The highest BCUT2D eigenvalue weighted by Crippen LogP contribution is 2.32. The third-order valence-electron chi connectivity index (χ3n) is 8.13. The van der Waals surface area contributed by atoms with Gasteiger partial charge in [0.1, 0.15) is 11.6 Å². The molecule has 0 aliphatic heterocycles. The number of aromatic nitrogens is 2. The quantitative estimate of drug-likeness (QED) is 0.280. The molecule has 37 heavy (non-hydrogen) atoms. The van der Waals surface area contributed by atoms with Crippen LogP contribution < -0.4 is 10.2 Å². The van der Waals surface area contributed by atoms with Crippen LogP contribution in [0.4, 0.5) is 5.82 Å². The van der Waals surface area contributed by atoms with Crippen molar-refractivity contribution in [2.24, 2.45) is 11.8 Å². The van der Waals surface area contributed by atoms with Crippen LogP contribution in [0.15, 0.2) is 48.5 Å². The van der Waals surface area contributed by atoms with E-state index in [4.69, 9.17) is 9.97 Å². The van der Waals surface area contributed by atoms with E-state index in [0.717, 1.165) is 53.8 Å². The fraction of sp³-hybridized carbons (Fsp3) is 0.576. The van der Waals surface area contributed by atoms with Crippen molar-refractivity contribution in [2.45, 2.75) is 84.0 Å². The lowest BCUT2D eigenvalue weighted by atomic mass is 9.79. The van der Waals surface area contributed by atoms with Gasteiger partial charge in [0, 0.05) is 25.9 Å². The Balaban J connectivity index is 1.10. The van der Waals surface area contributed by atoms with Crippen molar-refractivity contribution in [1.82, 2.24) is 15.3 Å². The van der Waals surface area contributed by atoms with Crippen LogP contribution in [-0.2, 0) is 18.3 Å². The highest BCUT2D eigenvalue weighted by molar-refractivity contribution is 5.89. The van der Waals surface area contributed by atoms with E-state index in [2.05, 4.69) is 93.6 Å². The molecule has 200 valence electrons. The Bertz CT molecular complexity index is 1110. The molecule has 2 aromatic carbocycles. The number of unbranched alkanes of at least 4 members (excludes halogenated alkanes) is 1. The number of hydrogen-bond acceptors (Lipinski definition) is 4. The van der Waals surface area contributed by atoms with Crippen molar-refractivity contribution >= 4 is 16.7 Å². The minimum atomic E-state index is 0.233. The Kier molecular flexibility index (Phi) is 9.59. The number of anilines is 1. The number of hydrogen-bond donors (Lipinski definition) is 1. The second-order valence-electron chi connectivity index (χ2n) is 12.4. The number of para-hydroxylation sites is 1. The van der Waals surface area contributed by atoms with E-state index >= 15 is 0 Å². The van der Waals surface area contributed by atoms with Gasteiger partial charge < -0.3 is 10.2 Å². The summed E-state index contributed by atoms with van der Waals surface area (Å²) in [6.07, 6.45) is 11.5. The van der Waals surface area contributed by atoms with Crippen molar-refractivity contribution in [1.29, 1.82) is 0 Å². The van der Waals surface area contributed by atoms with Crippen molar-refractivity contribution in [3.8, 4) is 0 Å². The van der Waals surface area contributed by atoms with Gasteiger partial charge in [0.05, 0.1) is 5.52 Å². The SMILES string of the molecule is CN(C)c1nc(CCCCC2CCC(CNCCc3ccc(C(C)(C)C)cc3)CC2)nc2ccccc12. The summed E-state index contributed by atoms with van der Waals surface area (Å²) in [7, 11) is 4.13. The standard InChI is InChI=1S/C33H48N4/c1-33(2,3)28-20-18-26(19-21-28)22-23-34-24-27-16-14-25(15-17-27)10-6-9-13-31-35-30-12-8-7-11-29(30)32(36-31)37(4)5/h7-8,11-12,18-21,25,27,34H,6,9-10,13-17,22-24H2,1-5H3. The maximum absolute atomic E-state index is 4.87. The molecule has 1 heterocycles. The van der Waals surface area contributed by atoms with E-state index in [1.165, 1.54) is 62.6 Å². The zero-order chi connectivity index (χ0) is 26.3. The van der Waals surface area contributed by atoms with E-state index < -0.39 is 0 Å². The molecule has 4 rings (SSSR count). The van der Waals surface area contributed by atoms with Crippen LogP contribution in [0.3, 0.4) is 0 Å². The smallest absolute Gasteiger partial charge is 0.139 e. The molecule has 1 fully saturated rings. The summed E-state index contributed by atoms with van der Waals surface area (Å²) in [5.74, 6) is 3.79. The molecule has 1 N–H and O–H groups in total. The van der Waals surface area contributed by atoms with Gasteiger partial charge in [-0.15, -0.1) is 0 Å². The molecule has 1 aromatic heterocycles. The number of fused-ring (bicyclic) bond motifs is 1. The van der Waals surface area contributed by atoms with Gasteiger partial charge in [0.2, 0.25) is 0 Å². The molecule has 0 radical (unpaired) electrons. The van der Waals surface area contributed by atoms with Gasteiger partial charge in [-0.3, -0.25) is 0 Å². The largest absolute Gasteiger partial charge is 0.362 e. The summed E-state index contributed by atoms with van der Waals surface area (Å²) >= 11 is 0. The minimum absolute atomic E-state index is 0.233. The van der Waals surface area contributed by atoms with Gasteiger partial charge in [-0.05, 0) is 79.3 Å². The van der Waals surface area contributed by atoms with Crippen LogP contribution in [0, 0.1) is 11.8 Å². The normalized spacial score (nSPS) is 18.3. The van der Waals surface area contributed by atoms with Crippen LogP contribution in [0.5, 0.6) is 0 Å². The molecule has 1 aliphatic rings. The third-order valence-corrected chi connectivity index (χ3v) is 8.13. The van der Waals surface area contributed by atoms with Gasteiger partial charge in [-0.2, -0.15) is 0 Å². The van der Waals surface area contributed by atoms with Gasteiger partial charge in [0.25, 0.3) is 0 Å². The summed E-state index contributed by atoms with van der Waals surface area (Å²) in [5, 5.41) is 4.88. The summed E-state index contributed by atoms with van der Waals surface area (Å²) < 4.78 is 0. The monoisotopic (exact) mass is 500 g/mol. The lowest BCUT2D eigenvalue weighted by molar-refractivity contribution is 0.253. The molecule has 4 nitrogen and oxygen atoms in total. The zero-order valence-corrected chi connectivity index (χ0v) is 23.9. The predicted octanol–water partition coefficient (Wildman–Crippen LogP) is 7.34. The van der Waals surface area contributed by atoms with Gasteiger partial charge in [0.15, 0.2) is 0 Å². The first kappa shape index (κ1) is 27.6. The first-order valence-corrected chi connectivity index (χ1v) is 14.5. The van der Waals surface area contributed by atoms with Crippen LogP contribution in [0.2, 0.25) is 0 Å². The highest BCUT2D eigenvalue weighted by atomic mass is 15.1. The van der Waals surface area contributed by atoms with Gasteiger partial charge >= 0.3 is 0 Å². The Morgan fingerprint density at radius 3 is 2.24 bits per heavy atom. The number of benzene rings is 2. The van der Waals surface area contributed by atoms with E-state index in [9.17, 15) is 0 Å². The Morgan fingerprint density at radius 1 is 0.838 bits per heavy atom. The Morgan fingerprint density at radius 2 is 1.54 bits per heavy atom. The second kappa shape index (κ2) is 12.9. The first-order chi connectivity index (χ1) is 17.8. The molecule has 0 saturated heterocycles. The zero-order valence-electron chi connectivity index (χ0n) is 23.9. The number of nitrogens with zero attached hydrogens (tertiary/aromatic N) is 3. The summed E-state index contributed by atoms with van der Waals surface area (Å²) in [6.45, 7) is 9.10. The lowest BCUT2D eigenvalue weighted by Crippen LogP contribution is -2.28. The van der Waals surface area contributed by atoms with Crippen LogP contribution in [0.1, 0.15) is 82.7 Å². The van der Waals surface area contributed by atoms with Crippen molar-refractivity contribution in [3.05, 3.63) is 65.5 Å². The molecule has 4 heteroatoms. The first-order valence-electron chi connectivity index (χ1n) is 14.5. The second-order valence-corrected chi connectivity index (χ2v) is 12.4. The molecule has 1 saturated carbocycles. The fourth-order valence-corrected chi connectivity index (χ4v) is 5.71. The fourth-order valence-electron chi connectivity index (χ4n) is 5.71. The van der Waals surface area contributed by atoms with E-state index in [1.54, 1.807) is 0 Å². The summed E-state index contributed by atoms with van der Waals surface area (Å²) in [6, 6.07) is 17.6. The topological polar surface area (TPSA) is 41.1 Å². The van der Waals surface area contributed by atoms with E-state index in [-0.39, 0.29) is 5.41 Å². The summed E-state index contributed by atoms with van der Waals surface area (Å²) in [5.41, 5.74) is 4.15. The van der Waals surface area contributed by atoms with Gasteiger partial charge in [-0.25, -0.2) is 9.97 Å². The predicted molar refractivity (Wildman–Crippen MR) is 159 cm³/mol. The number of nitrogens with one attached hydrogen (secondary N) is 1. The molecule has 3 aromatic rings. The molecule has 0 atom stereocenters. The van der Waals surface area contributed by atoms with E-state index in [0.29, 0.717) is 0 Å². The highest BCUT2D eigenvalue weighted by Gasteiger charge is 2.20. The van der Waals surface area contributed by atoms with Gasteiger partial charge in [-0.1, -0.05) is 82.9 Å². The third kappa shape index (κ3) is 8.01. The molecular weight excluding hydrogens is 452 g/mol. The Hall–Kier alpha value is -2.46. The molecule has 0 amide bonds. The maximum Gasteiger partial charge on any atom is 0.139 e. The molecule has 0 bridgehead atoms. The van der Waals surface area contributed by atoms with Crippen LogP contribution >= 0.6 is 0 Å². The average Bonchev–Trinajstić information content (AvgIpc) is 2.89. The van der Waals surface area contributed by atoms with E-state index in [1.807, 2.05) is 0 Å². The minimum Gasteiger partial charge on any atom is -0.362 e. The number of aryl methyl sites for hydroxylation is 1. The average molecular weight is 501 g/mol. The lowest BCUT2D eigenvalue weighted by Gasteiger charge is -2.28. The van der Waals surface area contributed by atoms with Crippen molar-refractivity contribution in [3.63, 3.8) is 0 Å². The molecule has 0 spiro atoms. The van der Waals surface area contributed by atoms with Crippen molar-refractivity contribution in [2.75, 3.05) is 32.1 Å². The van der Waals surface area contributed by atoms with Crippen LogP contribution in [0.25, 0.3) is 10.9 Å². The number of rotatable bonds is 11. The summed E-state index contributed by atoms with van der Waals surface area (Å²) in [4.78, 5) is 11.8. The van der Waals surface area contributed by atoms with Crippen LogP contribution in [-0.4, -0.2) is 37.2 Å². The molecular formula is C33H48N4. The molecule has 1 aliphatic carbocycles.